The molecule has 1 aliphatic rings. The predicted molar refractivity (Wildman–Crippen MR) is 107 cm³/mol. The SMILES string of the molecule is CCOc1ccc(SCC(=O)N2CCCC(C(=O)NCCN)C2)cc1.Cl. The molecule has 0 aromatic heterocycles. The Kier molecular flexibility index (Phi) is 10.5. The van der Waals surface area contributed by atoms with Gasteiger partial charge < -0.3 is 20.7 Å². The van der Waals surface area contributed by atoms with Crippen molar-refractivity contribution in [2.45, 2.75) is 24.7 Å². The normalized spacial score (nSPS) is 16.5. The molecule has 0 spiro atoms. The number of ether oxygens (including phenoxy) is 1. The van der Waals surface area contributed by atoms with Crippen molar-refractivity contribution in [2.24, 2.45) is 11.7 Å². The summed E-state index contributed by atoms with van der Waals surface area (Å²) in [6.45, 7) is 4.72. The van der Waals surface area contributed by atoms with E-state index in [0.717, 1.165) is 30.0 Å². The second-order valence-corrected chi connectivity index (χ2v) is 7.00. The van der Waals surface area contributed by atoms with Crippen LogP contribution in [0.1, 0.15) is 19.8 Å². The van der Waals surface area contributed by atoms with Crippen molar-refractivity contribution >= 4 is 36.0 Å². The molecule has 3 N–H and O–H groups in total. The van der Waals surface area contributed by atoms with Crippen LogP contribution < -0.4 is 15.8 Å². The number of likely N-dealkylation sites (tertiary alicyclic amines) is 1. The zero-order chi connectivity index (χ0) is 18.1. The Morgan fingerprint density at radius 1 is 1.35 bits per heavy atom. The van der Waals surface area contributed by atoms with E-state index in [1.807, 2.05) is 31.2 Å². The lowest BCUT2D eigenvalue weighted by Gasteiger charge is -2.32. The molecule has 0 radical (unpaired) electrons. The summed E-state index contributed by atoms with van der Waals surface area (Å²) in [6.07, 6.45) is 1.69. The molecule has 1 heterocycles. The van der Waals surface area contributed by atoms with Crippen LogP contribution in [0.25, 0.3) is 0 Å². The van der Waals surface area contributed by atoms with Crippen LogP contribution >= 0.6 is 24.2 Å². The number of piperidine rings is 1. The minimum Gasteiger partial charge on any atom is -0.494 e. The van der Waals surface area contributed by atoms with E-state index in [4.69, 9.17) is 10.5 Å². The number of carbonyl (C=O) groups is 2. The van der Waals surface area contributed by atoms with E-state index in [1.165, 1.54) is 11.8 Å². The third-order valence-electron chi connectivity index (χ3n) is 4.09. The summed E-state index contributed by atoms with van der Waals surface area (Å²) < 4.78 is 5.41. The van der Waals surface area contributed by atoms with Crippen LogP contribution in [-0.4, -0.2) is 55.3 Å². The molecule has 1 fully saturated rings. The van der Waals surface area contributed by atoms with Gasteiger partial charge in [0.15, 0.2) is 0 Å². The lowest BCUT2D eigenvalue weighted by Crippen LogP contribution is -2.46. The quantitative estimate of drug-likeness (QED) is 0.650. The summed E-state index contributed by atoms with van der Waals surface area (Å²) in [7, 11) is 0. The highest BCUT2D eigenvalue weighted by atomic mass is 35.5. The van der Waals surface area contributed by atoms with Crippen LogP contribution in [0, 0.1) is 5.92 Å². The molecule has 8 heteroatoms. The van der Waals surface area contributed by atoms with E-state index >= 15 is 0 Å². The highest BCUT2D eigenvalue weighted by Gasteiger charge is 2.28. The van der Waals surface area contributed by atoms with Gasteiger partial charge in [0.25, 0.3) is 0 Å². The van der Waals surface area contributed by atoms with Gasteiger partial charge >= 0.3 is 0 Å². The summed E-state index contributed by atoms with van der Waals surface area (Å²) in [5.41, 5.74) is 5.41. The van der Waals surface area contributed by atoms with Gasteiger partial charge in [0, 0.05) is 31.1 Å². The number of nitrogens with two attached hydrogens (primary N) is 1. The molecule has 2 amide bonds. The van der Waals surface area contributed by atoms with E-state index in [1.54, 1.807) is 4.90 Å². The van der Waals surface area contributed by atoms with E-state index in [2.05, 4.69) is 5.32 Å². The molecule has 2 rings (SSSR count). The van der Waals surface area contributed by atoms with Gasteiger partial charge in [-0.2, -0.15) is 0 Å². The molecule has 0 saturated carbocycles. The molecule has 0 bridgehead atoms. The lowest BCUT2D eigenvalue weighted by atomic mass is 9.97. The van der Waals surface area contributed by atoms with Gasteiger partial charge in [-0.05, 0) is 44.0 Å². The summed E-state index contributed by atoms with van der Waals surface area (Å²) >= 11 is 1.51. The Labute approximate surface area is 165 Å². The van der Waals surface area contributed by atoms with Crippen LogP contribution in [0.4, 0.5) is 0 Å². The van der Waals surface area contributed by atoms with Crippen molar-refractivity contribution < 1.29 is 14.3 Å². The smallest absolute Gasteiger partial charge is 0.232 e. The van der Waals surface area contributed by atoms with Crippen molar-refractivity contribution in [3.63, 3.8) is 0 Å². The first-order valence-corrected chi connectivity index (χ1v) is 9.73. The molecular weight excluding hydrogens is 374 g/mol. The van der Waals surface area contributed by atoms with Gasteiger partial charge in [-0.3, -0.25) is 9.59 Å². The number of hydrogen-bond acceptors (Lipinski definition) is 5. The third-order valence-corrected chi connectivity index (χ3v) is 5.08. The predicted octanol–water partition coefficient (Wildman–Crippen LogP) is 1.91. The van der Waals surface area contributed by atoms with Crippen LogP contribution in [0.5, 0.6) is 5.75 Å². The van der Waals surface area contributed by atoms with E-state index in [9.17, 15) is 9.59 Å². The molecule has 26 heavy (non-hydrogen) atoms. The van der Waals surface area contributed by atoms with Crippen molar-refractivity contribution in [1.29, 1.82) is 0 Å². The second-order valence-electron chi connectivity index (χ2n) is 5.95. The second kappa shape index (κ2) is 12.0. The lowest BCUT2D eigenvalue weighted by molar-refractivity contribution is -0.133. The number of hydrogen-bond donors (Lipinski definition) is 2. The van der Waals surface area contributed by atoms with Crippen molar-refractivity contribution in [2.75, 3.05) is 38.5 Å². The van der Waals surface area contributed by atoms with Crippen LogP contribution in [0.3, 0.4) is 0 Å². The first-order chi connectivity index (χ1) is 12.1. The van der Waals surface area contributed by atoms with Crippen molar-refractivity contribution in [3.05, 3.63) is 24.3 Å². The highest BCUT2D eigenvalue weighted by Crippen LogP contribution is 2.23. The Hall–Kier alpha value is -1.44. The van der Waals surface area contributed by atoms with E-state index < -0.39 is 0 Å². The Morgan fingerprint density at radius 2 is 2.08 bits per heavy atom. The maximum atomic E-state index is 12.5. The molecule has 1 unspecified atom stereocenters. The number of carbonyl (C=O) groups excluding carboxylic acids is 2. The molecule has 0 aliphatic carbocycles. The summed E-state index contributed by atoms with van der Waals surface area (Å²) in [5, 5.41) is 2.82. The van der Waals surface area contributed by atoms with Crippen molar-refractivity contribution in [1.82, 2.24) is 10.2 Å². The number of halogens is 1. The maximum absolute atomic E-state index is 12.5. The third kappa shape index (κ3) is 7.05. The Balaban J connectivity index is 0.00000338. The summed E-state index contributed by atoms with van der Waals surface area (Å²) in [6, 6.07) is 7.74. The molecule has 1 aromatic carbocycles. The van der Waals surface area contributed by atoms with Gasteiger partial charge in [-0.15, -0.1) is 24.2 Å². The van der Waals surface area contributed by atoms with E-state index in [-0.39, 0.29) is 30.1 Å². The van der Waals surface area contributed by atoms with Gasteiger partial charge in [0.1, 0.15) is 5.75 Å². The molecule has 1 saturated heterocycles. The minimum absolute atomic E-state index is 0. The summed E-state index contributed by atoms with van der Waals surface area (Å²) in [5.74, 6) is 1.17. The zero-order valence-corrected chi connectivity index (χ0v) is 16.7. The molecule has 1 aliphatic heterocycles. The van der Waals surface area contributed by atoms with Crippen LogP contribution in [0.15, 0.2) is 29.2 Å². The number of amides is 2. The molecule has 1 aromatic rings. The topological polar surface area (TPSA) is 84.7 Å². The van der Waals surface area contributed by atoms with Crippen molar-refractivity contribution in [3.8, 4) is 5.75 Å². The fraction of sp³-hybridized carbons (Fsp3) is 0.556. The number of benzene rings is 1. The number of thioether (sulfide) groups is 1. The molecular formula is C18H28ClN3O3S. The molecule has 146 valence electrons. The number of nitrogens with one attached hydrogen (secondary N) is 1. The first kappa shape index (κ1) is 22.6. The summed E-state index contributed by atoms with van der Waals surface area (Å²) in [4.78, 5) is 27.4. The monoisotopic (exact) mass is 401 g/mol. The number of nitrogens with zero attached hydrogens (tertiary/aromatic N) is 1. The van der Waals surface area contributed by atoms with Gasteiger partial charge in [0.05, 0.1) is 18.3 Å². The Bertz CT molecular complexity index is 571. The number of rotatable bonds is 8. The maximum Gasteiger partial charge on any atom is 0.232 e. The first-order valence-electron chi connectivity index (χ1n) is 8.75. The van der Waals surface area contributed by atoms with Gasteiger partial charge in [-0.1, -0.05) is 0 Å². The molecule has 6 nitrogen and oxygen atoms in total. The standard InChI is InChI=1S/C18H27N3O3S.ClH/c1-2-24-15-5-7-16(8-6-15)25-13-17(22)21-11-3-4-14(12-21)18(23)20-10-9-19;/h5-8,14H,2-4,9-13,19H2,1H3,(H,20,23);1H. The van der Waals surface area contributed by atoms with Gasteiger partial charge in [0.2, 0.25) is 11.8 Å². The fourth-order valence-corrected chi connectivity index (χ4v) is 3.59. The minimum atomic E-state index is -0.125. The average molecular weight is 402 g/mol. The molecule has 1 atom stereocenters. The Morgan fingerprint density at radius 3 is 2.73 bits per heavy atom. The largest absolute Gasteiger partial charge is 0.494 e. The van der Waals surface area contributed by atoms with E-state index in [0.29, 0.717) is 32.0 Å². The fourth-order valence-electron chi connectivity index (χ4n) is 2.79. The zero-order valence-electron chi connectivity index (χ0n) is 15.1. The van der Waals surface area contributed by atoms with Crippen LogP contribution in [-0.2, 0) is 9.59 Å². The average Bonchev–Trinajstić information content (AvgIpc) is 2.65. The van der Waals surface area contributed by atoms with Gasteiger partial charge in [-0.25, -0.2) is 0 Å². The van der Waals surface area contributed by atoms with Crippen LogP contribution in [0.2, 0.25) is 0 Å². The highest BCUT2D eigenvalue weighted by molar-refractivity contribution is 8.00.